The third-order valence-corrected chi connectivity index (χ3v) is 8.90. The Labute approximate surface area is 156 Å². The molecule has 3 aliphatic rings. The van der Waals surface area contributed by atoms with Crippen molar-refractivity contribution in [2.45, 2.75) is 35.2 Å². The number of rotatable bonds is 3. The van der Waals surface area contributed by atoms with Crippen LogP contribution in [0.3, 0.4) is 0 Å². The monoisotopic (exact) mass is 384 g/mol. The number of hydrogen-bond donors (Lipinski definition) is 1. The highest BCUT2D eigenvalue weighted by Gasteiger charge is 2.61. The summed E-state index contributed by atoms with van der Waals surface area (Å²) >= 11 is 3.75. The Bertz CT molecular complexity index is 668. The first-order chi connectivity index (χ1) is 12.0. The normalized spacial score (nSPS) is 29.6. The lowest BCUT2D eigenvalue weighted by molar-refractivity contribution is -0.263. The average Bonchev–Trinajstić information content (AvgIpc) is 3.24. The summed E-state index contributed by atoms with van der Waals surface area (Å²) < 4.78 is 22.8. The average molecular weight is 385 g/mol. The first-order valence-corrected chi connectivity index (χ1v) is 10.5. The minimum Gasteiger partial charge on any atom is -0.496 e. The molecule has 1 aliphatic carbocycles. The minimum atomic E-state index is -1.12. The second kappa shape index (κ2) is 6.23. The van der Waals surface area contributed by atoms with Crippen molar-refractivity contribution in [1.29, 1.82) is 0 Å². The fourth-order valence-corrected chi connectivity index (χ4v) is 7.77. The van der Waals surface area contributed by atoms with E-state index in [1.807, 2.05) is 42.6 Å². The summed E-state index contributed by atoms with van der Waals surface area (Å²) in [5.41, 5.74) is 1.02. The summed E-state index contributed by atoms with van der Waals surface area (Å²) in [6, 6.07) is 3.88. The van der Waals surface area contributed by atoms with E-state index in [-0.39, 0.29) is 4.08 Å². The van der Waals surface area contributed by atoms with Crippen LogP contribution in [0.4, 0.5) is 0 Å². The summed E-state index contributed by atoms with van der Waals surface area (Å²) in [5, 5.41) is 11.7. The highest BCUT2D eigenvalue weighted by Crippen LogP contribution is 2.64. The molecule has 0 aromatic heterocycles. The Kier molecular flexibility index (Phi) is 4.44. The summed E-state index contributed by atoms with van der Waals surface area (Å²) in [6.07, 6.45) is 0.977. The Morgan fingerprint density at radius 2 is 1.64 bits per heavy atom. The van der Waals surface area contributed by atoms with E-state index in [0.717, 1.165) is 34.1 Å². The molecule has 2 fully saturated rings. The van der Waals surface area contributed by atoms with Crippen LogP contribution >= 0.6 is 23.5 Å². The van der Waals surface area contributed by atoms with Crippen molar-refractivity contribution in [1.82, 2.24) is 0 Å². The molecule has 1 aromatic carbocycles. The first kappa shape index (κ1) is 17.8. The van der Waals surface area contributed by atoms with Gasteiger partial charge >= 0.3 is 0 Å². The third kappa shape index (κ3) is 2.58. The SMILES string of the molecule is COc1ccc(OC)c2c1CC(O)(C1(C)OCCO1)CC21SCCS1. The molecule has 4 rings (SSSR count). The molecule has 1 spiro atoms. The number of ether oxygens (including phenoxy) is 4. The maximum absolute atomic E-state index is 11.7. The van der Waals surface area contributed by atoms with E-state index in [9.17, 15) is 5.11 Å². The van der Waals surface area contributed by atoms with E-state index in [4.69, 9.17) is 18.9 Å². The molecular weight excluding hydrogens is 360 g/mol. The van der Waals surface area contributed by atoms with Crippen LogP contribution < -0.4 is 9.47 Å². The van der Waals surface area contributed by atoms with Gasteiger partial charge in [0.1, 0.15) is 17.1 Å². The number of methoxy groups -OCH3 is 2. The Morgan fingerprint density at radius 1 is 1.04 bits per heavy atom. The molecule has 0 radical (unpaired) electrons. The van der Waals surface area contributed by atoms with Gasteiger partial charge in [-0.05, 0) is 19.1 Å². The molecule has 2 saturated heterocycles. The minimum absolute atomic E-state index is 0.277. The van der Waals surface area contributed by atoms with E-state index in [1.165, 1.54) is 0 Å². The van der Waals surface area contributed by atoms with Gasteiger partial charge in [-0.15, -0.1) is 23.5 Å². The molecule has 7 heteroatoms. The van der Waals surface area contributed by atoms with Crippen LogP contribution in [-0.2, 0) is 20.0 Å². The zero-order chi connectivity index (χ0) is 17.7. The number of hydrogen-bond acceptors (Lipinski definition) is 7. The quantitative estimate of drug-likeness (QED) is 0.860. The molecule has 1 aromatic rings. The van der Waals surface area contributed by atoms with Gasteiger partial charge in [-0.1, -0.05) is 0 Å². The highest BCUT2D eigenvalue weighted by molar-refractivity contribution is 8.20. The molecule has 138 valence electrons. The number of thioether (sulfide) groups is 2. The van der Waals surface area contributed by atoms with E-state index >= 15 is 0 Å². The zero-order valence-corrected chi connectivity index (χ0v) is 16.4. The van der Waals surface area contributed by atoms with Crippen LogP contribution in [-0.4, -0.2) is 55.4 Å². The molecule has 1 unspecified atom stereocenters. The molecule has 0 saturated carbocycles. The van der Waals surface area contributed by atoms with Gasteiger partial charge in [-0.2, -0.15) is 0 Å². The topological polar surface area (TPSA) is 57.2 Å². The largest absolute Gasteiger partial charge is 0.496 e. The molecular formula is C18H24O5S2. The molecule has 1 N–H and O–H groups in total. The van der Waals surface area contributed by atoms with Crippen molar-refractivity contribution in [3.8, 4) is 11.5 Å². The molecule has 25 heavy (non-hydrogen) atoms. The van der Waals surface area contributed by atoms with Crippen molar-refractivity contribution >= 4 is 23.5 Å². The van der Waals surface area contributed by atoms with Crippen molar-refractivity contribution in [2.24, 2.45) is 0 Å². The highest BCUT2D eigenvalue weighted by atomic mass is 32.2. The maximum Gasteiger partial charge on any atom is 0.195 e. The Morgan fingerprint density at radius 3 is 2.24 bits per heavy atom. The zero-order valence-electron chi connectivity index (χ0n) is 14.8. The van der Waals surface area contributed by atoms with Gasteiger partial charge in [0.25, 0.3) is 0 Å². The van der Waals surface area contributed by atoms with Crippen molar-refractivity contribution < 1.29 is 24.1 Å². The van der Waals surface area contributed by atoms with Gasteiger partial charge in [0.2, 0.25) is 0 Å². The van der Waals surface area contributed by atoms with Gasteiger partial charge in [-0.25, -0.2) is 0 Å². The van der Waals surface area contributed by atoms with Crippen molar-refractivity contribution in [2.75, 3.05) is 38.9 Å². The first-order valence-electron chi connectivity index (χ1n) is 8.49. The molecule has 1 atom stereocenters. The summed E-state index contributed by atoms with van der Waals surface area (Å²) in [4.78, 5) is 0. The van der Waals surface area contributed by atoms with Crippen LogP contribution in [0.2, 0.25) is 0 Å². The second-order valence-corrected chi connectivity index (χ2v) is 9.85. The number of fused-ring (bicyclic) bond motifs is 2. The third-order valence-electron chi connectivity index (χ3n) is 5.48. The lowest BCUT2D eigenvalue weighted by Crippen LogP contribution is -2.59. The van der Waals surface area contributed by atoms with E-state index in [1.54, 1.807) is 14.2 Å². The van der Waals surface area contributed by atoms with Crippen LogP contribution in [0, 0.1) is 0 Å². The summed E-state index contributed by atoms with van der Waals surface area (Å²) in [7, 11) is 3.37. The predicted octanol–water partition coefficient (Wildman–Crippen LogP) is 2.78. The lowest BCUT2D eigenvalue weighted by Gasteiger charge is -2.49. The molecule has 5 nitrogen and oxygen atoms in total. The van der Waals surface area contributed by atoms with Gasteiger partial charge in [0.15, 0.2) is 5.79 Å². The van der Waals surface area contributed by atoms with E-state index in [2.05, 4.69) is 0 Å². The van der Waals surface area contributed by atoms with Crippen LogP contribution in [0.1, 0.15) is 24.5 Å². The maximum atomic E-state index is 11.7. The van der Waals surface area contributed by atoms with Crippen LogP contribution in [0.5, 0.6) is 11.5 Å². The predicted molar refractivity (Wildman–Crippen MR) is 99.7 cm³/mol. The fraction of sp³-hybridized carbons (Fsp3) is 0.667. The molecule has 2 aliphatic heterocycles. The van der Waals surface area contributed by atoms with Crippen LogP contribution in [0.25, 0.3) is 0 Å². The van der Waals surface area contributed by atoms with E-state index in [0.29, 0.717) is 26.1 Å². The fourth-order valence-electron chi connectivity index (χ4n) is 4.20. The number of aliphatic hydroxyl groups is 1. The van der Waals surface area contributed by atoms with Crippen molar-refractivity contribution in [3.05, 3.63) is 23.3 Å². The molecule has 2 heterocycles. The van der Waals surface area contributed by atoms with Gasteiger partial charge in [-0.3, -0.25) is 0 Å². The van der Waals surface area contributed by atoms with Gasteiger partial charge < -0.3 is 24.1 Å². The number of benzene rings is 1. The Hall–Kier alpha value is -0.600. The van der Waals surface area contributed by atoms with Crippen molar-refractivity contribution in [3.63, 3.8) is 0 Å². The van der Waals surface area contributed by atoms with Crippen LogP contribution in [0.15, 0.2) is 12.1 Å². The van der Waals surface area contributed by atoms with Gasteiger partial charge in [0, 0.05) is 35.5 Å². The summed E-state index contributed by atoms with van der Waals surface area (Å²) in [5.74, 6) is 2.72. The van der Waals surface area contributed by atoms with E-state index < -0.39 is 11.4 Å². The van der Waals surface area contributed by atoms with Gasteiger partial charge in [0.05, 0.1) is 31.5 Å². The molecule has 0 bridgehead atoms. The Balaban J connectivity index is 1.90. The smallest absolute Gasteiger partial charge is 0.195 e. The molecule has 0 amide bonds. The lowest BCUT2D eigenvalue weighted by atomic mass is 9.74. The second-order valence-electron chi connectivity index (χ2n) is 6.80. The standard InChI is InChI=1S/C18H24O5S2/c1-16(22-6-7-23-16)17(19)10-12-13(20-2)4-5-14(21-3)15(12)18(11-17)24-8-9-25-18/h4-5,19H,6-11H2,1-3H3. The summed E-state index contributed by atoms with van der Waals surface area (Å²) in [6.45, 7) is 2.87.